The summed E-state index contributed by atoms with van der Waals surface area (Å²) in [6.45, 7) is 1.87. The average Bonchev–Trinajstić information content (AvgIpc) is 3.06. The molecular formula is C20H13ClF2N4OS. The van der Waals surface area contributed by atoms with Crippen molar-refractivity contribution in [3.63, 3.8) is 0 Å². The number of ether oxygens (including phenoxy) is 1. The van der Waals surface area contributed by atoms with Gasteiger partial charge < -0.3 is 10.5 Å². The van der Waals surface area contributed by atoms with Crippen LogP contribution < -0.4 is 10.5 Å². The Kier molecular flexibility index (Phi) is 4.73. The lowest BCUT2D eigenvalue weighted by atomic mass is 9.96. The van der Waals surface area contributed by atoms with Crippen molar-refractivity contribution >= 4 is 48.9 Å². The molecule has 2 heterocycles. The fourth-order valence-corrected chi connectivity index (χ4v) is 4.59. The number of fused-ring (bicyclic) bond motifs is 2. The van der Waals surface area contributed by atoms with Crippen molar-refractivity contribution in [3.8, 4) is 23.2 Å². The molecule has 0 fully saturated rings. The van der Waals surface area contributed by atoms with Gasteiger partial charge in [-0.25, -0.2) is 8.78 Å². The van der Waals surface area contributed by atoms with Crippen LogP contribution >= 0.6 is 22.9 Å². The molecule has 4 rings (SSSR count). The van der Waals surface area contributed by atoms with Crippen LogP contribution in [-0.2, 0) is 6.42 Å². The number of halogens is 3. The number of nitrogens with two attached hydrogens (primary N) is 1. The van der Waals surface area contributed by atoms with Gasteiger partial charge in [0.15, 0.2) is 5.82 Å². The molecule has 0 bridgehead atoms. The third kappa shape index (κ3) is 2.85. The summed E-state index contributed by atoms with van der Waals surface area (Å²) in [5.74, 6) is -1.25. The maximum Gasteiger partial charge on any atom is 0.317 e. The van der Waals surface area contributed by atoms with Crippen molar-refractivity contribution in [2.75, 3.05) is 12.8 Å². The third-order valence-corrected chi connectivity index (χ3v) is 5.98. The van der Waals surface area contributed by atoms with Gasteiger partial charge in [0, 0.05) is 16.3 Å². The number of hydrogen-bond donors (Lipinski definition) is 1. The van der Waals surface area contributed by atoms with Crippen LogP contribution in [0.4, 0.5) is 13.8 Å². The molecule has 2 aromatic carbocycles. The maximum absolute atomic E-state index is 15.7. The number of nitrogens with zero attached hydrogens (tertiary/aromatic N) is 3. The Morgan fingerprint density at radius 1 is 1.31 bits per heavy atom. The first-order chi connectivity index (χ1) is 13.9. The number of nitriles is 1. The first-order valence-electron chi connectivity index (χ1n) is 8.54. The molecule has 0 unspecified atom stereocenters. The number of nitrogen functional groups attached to an aromatic ring is 1. The van der Waals surface area contributed by atoms with E-state index in [0.717, 1.165) is 11.3 Å². The number of aromatic nitrogens is 2. The maximum atomic E-state index is 15.7. The number of rotatable bonds is 3. The number of hydrogen-bond acceptors (Lipinski definition) is 6. The molecule has 0 aliphatic carbocycles. The van der Waals surface area contributed by atoms with Crippen LogP contribution in [-0.4, -0.2) is 17.1 Å². The molecule has 0 aliphatic heterocycles. The Morgan fingerprint density at radius 2 is 2.07 bits per heavy atom. The van der Waals surface area contributed by atoms with Gasteiger partial charge in [-0.2, -0.15) is 15.2 Å². The molecule has 146 valence electrons. The van der Waals surface area contributed by atoms with Gasteiger partial charge in [-0.1, -0.05) is 24.6 Å². The fraction of sp³-hybridized carbons (Fsp3) is 0.150. The number of anilines is 1. The highest BCUT2D eigenvalue weighted by Crippen LogP contribution is 2.44. The lowest BCUT2D eigenvalue weighted by Crippen LogP contribution is -2.01. The zero-order chi connectivity index (χ0) is 20.9. The Balaban J connectivity index is 2.16. The minimum absolute atomic E-state index is 0.0151. The molecule has 4 aromatic rings. The number of benzene rings is 2. The summed E-state index contributed by atoms with van der Waals surface area (Å²) in [4.78, 5) is 8.39. The van der Waals surface area contributed by atoms with Crippen molar-refractivity contribution in [1.82, 2.24) is 9.97 Å². The zero-order valence-electron chi connectivity index (χ0n) is 15.3. The quantitative estimate of drug-likeness (QED) is 0.466. The molecule has 0 atom stereocenters. The second kappa shape index (κ2) is 7.10. The standard InChI is InChI=1S/C20H13ClF2N4OS/c1-3-13-9-6-11(21)15(16(23)17(9)27-20(26-13)28-2)8-4-5-12(22)18-14(8)10(7-24)19(25)29-18/h4-6H,3,25H2,1-2H3. The van der Waals surface area contributed by atoms with E-state index in [2.05, 4.69) is 9.97 Å². The predicted octanol–water partition coefficient (Wildman–Crippen LogP) is 5.47. The van der Waals surface area contributed by atoms with Crippen LogP contribution in [0, 0.1) is 23.0 Å². The molecule has 5 nitrogen and oxygen atoms in total. The number of aryl methyl sites for hydroxylation is 1. The van der Waals surface area contributed by atoms with Gasteiger partial charge in [-0.3, -0.25) is 0 Å². The second-order valence-electron chi connectivity index (χ2n) is 6.21. The molecular weight excluding hydrogens is 418 g/mol. The summed E-state index contributed by atoms with van der Waals surface area (Å²) in [7, 11) is 1.40. The van der Waals surface area contributed by atoms with E-state index in [1.54, 1.807) is 6.07 Å². The van der Waals surface area contributed by atoms with Crippen molar-refractivity contribution in [2.24, 2.45) is 0 Å². The minimum Gasteiger partial charge on any atom is -0.467 e. The van der Waals surface area contributed by atoms with Gasteiger partial charge in [-0.05, 0) is 24.1 Å². The van der Waals surface area contributed by atoms with Crippen molar-refractivity contribution in [1.29, 1.82) is 5.26 Å². The SMILES string of the molecule is CCc1nc(OC)nc2c(F)c(-c3ccc(F)c4sc(N)c(C#N)c34)c(Cl)cc12. The van der Waals surface area contributed by atoms with E-state index in [4.69, 9.17) is 22.1 Å². The monoisotopic (exact) mass is 430 g/mol. The normalized spacial score (nSPS) is 11.2. The summed E-state index contributed by atoms with van der Waals surface area (Å²) in [6.07, 6.45) is 0.519. The first kappa shape index (κ1) is 19.3. The highest BCUT2D eigenvalue weighted by atomic mass is 35.5. The highest BCUT2D eigenvalue weighted by Gasteiger charge is 2.24. The molecule has 0 radical (unpaired) electrons. The van der Waals surface area contributed by atoms with Crippen molar-refractivity contribution < 1.29 is 13.5 Å². The van der Waals surface area contributed by atoms with Crippen molar-refractivity contribution in [2.45, 2.75) is 13.3 Å². The Labute approximate surface area is 173 Å². The minimum atomic E-state index is -0.704. The van der Waals surface area contributed by atoms with E-state index in [1.165, 1.54) is 19.2 Å². The fourth-order valence-electron chi connectivity index (χ4n) is 3.35. The largest absolute Gasteiger partial charge is 0.467 e. The van der Waals surface area contributed by atoms with Gasteiger partial charge in [0.25, 0.3) is 0 Å². The molecule has 0 amide bonds. The summed E-state index contributed by atoms with van der Waals surface area (Å²) >= 11 is 7.39. The summed E-state index contributed by atoms with van der Waals surface area (Å²) < 4.78 is 35.3. The molecule has 2 N–H and O–H groups in total. The van der Waals surface area contributed by atoms with E-state index >= 15 is 4.39 Å². The van der Waals surface area contributed by atoms with Gasteiger partial charge in [-0.15, -0.1) is 11.3 Å². The molecule has 2 aromatic heterocycles. The van der Waals surface area contributed by atoms with Crippen molar-refractivity contribution in [3.05, 3.63) is 46.1 Å². The zero-order valence-corrected chi connectivity index (χ0v) is 16.9. The van der Waals surface area contributed by atoms with E-state index < -0.39 is 11.6 Å². The lowest BCUT2D eigenvalue weighted by molar-refractivity contribution is 0.380. The van der Waals surface area contributed by atoms with Crippen LogP contribution in [0.3, 0.4) is 0 Å². The summed E-state index contributed by atoms with van der Waals surface area (Å²) in [6, 6.07) is 6.17. The Morgan fingerprint density at radius 3 is 2.72 bits per heavy atom. The van der Waals surface area contributed by atoms with E-state index in [9.17, 15) is 9.65 Å². The predicted molar refractivity (Wildman–Crippen MR) is 110 cm³/mol. The van der Waals surface area contributed by atoms with E-state index in [1.807, 2.05) is 13.0 Å². The van der Waals surface area contributed by atoms with Crippen LogP contribution in [0.1, 0.15) is 18.2 Å². The molecule has 0 aliphatic rings. The Hall–Kier alpha value is -3.02. The molecule has 29 heavy (non-hydrogen) atoms. The van der Waals surface area contributed by atoms with Gasteiger partial charge in [0.2, 0.25) is 0 Å². The van der Waals surface area contributed by atoms with Gasteiger partial charge in [0.05, 0.1) is 28.1 Å². The molecule has 0 saturated carbocycles. The van der Waals surface area contributed by atoms with Crippen LogP contribution in [0.2, 0.25) is 5.02 Å². The van der Waals surface area contributed by atoms with Crippen LogP contribution in [0.15, 0.2) is 18.2 Å². The van der Waals surface area contributed by atoms with E-state index in [-0.39, 0.29) is 48.3 Å². The lowest BCUT2D eigenvalue weighted by Gasteiger charge is -2.13. The highest BCUT2D eigenvalue weighted by molar-refractivity contribution is 7.23. The second-order valence-corrected chi connectivity index (χ2v) is 7.67. The van der Waals surface area contributed by atoms with E-state index in [0.29, 0.717) is 17.5 Å². The number of methoxy groups -OCH3 is 1. The topological polar surface area (TPSA) is 84.8 Å². The number of thiophene rings is 1. The molecule has 0 saturated heterocycles. The summed E-state index contributed by atoms with van der Waals surface area (Å²) in [5, 5.41) is 10.4. The Bertz CT molecular complexity index is 1350. The van der Waals surface area contributed by atoms with Gasteiger partial charge >= 0.3 is 6.01 Å². The third-order valence-electron chi connectivity index (χ3n) is 4.66. The average molecular weight is 431 g/mol. The molecule has 9 heteroatoms. The first-order valence-corrected chi connectivity index (χ1v) is 9.74. The van der Waals surface area contributed by atoms with Gasteiger partial charge in [0.1, 0.15) is 22.4 Å². The van der Waals surface area contributed by atoms with Crippen LogP contribution in [0.25, 0.3) is 32.1 Å². The smallest absolute Gasteiger partial charge is 0.317 e. The molecule has 0 spiro atoms. The van der Waals surface area contributed by atoms with Crippen LogP contribution in [0.5, 0.6) is 6.01 Å². The summed E-state index contributed by atoms with van der Waals surface area (Å²) in [5.41, 5.74) is 6.88.